The Bertz CT molecular complexity index is 479. The van der Waals surface area contributed by atoms with Crippen LogP contribution in [0.1, 0.15) is 18.4 Å². The van der Waals surface area contributed by atoms with Crippen LogP contribution in [0.3, 0.4) is 0 Å². The van der Waals surface area contributed by atoms with Gasteiger partial charge in [0.2, 0.25) is 0 Å². The van der Waals surface area contributed by atoms with Crippen LogP contribution in [0.4, 0.5) is 0 Å². The summed E-state index contributed by atoms with van der Waals surface area (Å²) in [5.41, 5.74) is 0.273. The van der Waals surface area contributed by atoms with E-state index in [1.807, 2.05) is 0 Å². The fourth-order valence-corrected chi connectivity index (χ4v) is 3.13. The Hall–Kier alpha value is -0.960. The molecule has 1 aliphatic rings. The summed E-state index contributed by atoms with van der Waals surface area (Å²) in [6.07, 6.45) is 3.03. The van der Waals surface area contributed by atoms with E-state index in [-0.39, 0.29) is 17.2 Å². The first-order valence-electron chi connectivity index (χ1n) is 5.84. The van der Waals surface area contributed by atoms with Crippen molar-refractivity contribution in [3.63, 3.8) is 0 Å². The summed E-state index contributed by atoms with van der Waals surface area (Å²) in [5.74, 6) is 0.300. The zero-order valence-corrected chi connectivity index (χ0v) is 10.7. The molecule has 18 heavy (non-hydrogen) atoms. The molecule has 0 amide bonds. The van der Waals surface area contributed by atoms with Crippen LogP contribution < -0.4 is 4.72 Å². The Morgan fingerprint density at radius 2 is 2.22 bits per heavy atom. The predicted octanol–water partition coefficient (Wildman–Crippen LogP) is -0.393. The van der Waals surface area contributed by atoms with Crippen LogP contribution in [0.15, 0.2) is 11.2 Å². The van der Waals surface area contributed by atoms with E-state index >= 15 is 0 Å². The van der Waals surface area contributed by atoms with E-state index in [9.17, 15) is 8.42 Å². The molecule has 1 fully saturated rings. The molecule has 0 spiro atoms. The van der Waals surface area contributed by atoms with Crippen molar-refractivity contribution in [2.24, 2.45) is 5.92 Å². The number of aromatic nitrogens is 2. The van der Waals surface area contributed by atoms with Gasteiger partial charge in [0.25, 0.3) is 10.0 Å². The number of nitrogens with zero attached hydrogens (tertiary/aromatic N) is 1. The summed E-state index contributed by atoms with van der Waals surface area (Å²) in [6.45, 7) is 1.39. The maximum absolute atomic E-state index is 12.0. The van der Waals surface area contributed by atoms with Gasteiger partial charge in [0, 0.05) is 25.3 Å². The highest BCUT2D eigenvalue weighted by atomic mass is 32.2. The first-order valence-corrected chi connectivity index (χ1v) is 7.32. The summed E-state index contributed by atoms with van der Waals surface area (Å²) < 4.78 is 31.7. The lowest BCUT2D eigenvalue weighted by Crippen LogP contribution is -2.32. The number of H-pyrrole nitrogens is 1. The number of aromatic amines is 1. The van der Waals surface area contributed by atoms with E-state index in [2.05, 4.69) is 14.9 Å². The molecule has 1 aromatic heterocycles. The smallest absolute Gasteiger partial charge is 0.257 e. The quantitative estimate of drug-likeness (QED) is 0.678. The van der Waals surface area contributed by atoms with Gasteiger partial charge in [0.05, 0.1) is 12.8 Å². The van der Waals surface area contributed by atoms with Crippen molar-refractivity contribution >= 4 is 10.0 Å². The van der Waals surface area contributed by atoms with Crippen LogP contribution in [-0.4, -0.2) is 43.5 Å². The number of nitrogens with one attached hydrogen (secondary N) is 2. The van der Waals surface area contributed by atoms with Crippen molar-refractivity contribution in [3.05, 3.63) is 11.8 Å². The minimum absolute atomic E-state index is 0.0583. The SMILES string of the molecule is O=S(=O)(NCC1CCOCC1)c1[nH]ncc1CO. The molecule has 0 atom stereocenters. The van der Waals surface area contributed by atoms with Gasteiger partial charge in [-0.25, -0.2) is 13.1 Å². The highest BCUT2D eigenvalue weighted by Gasteiger charge is 2.22. The molecule has 0 aromatic carbocycles. The minimum Gasteiger partial charge on any atom is -0.392 e. The second kappa shape index (κ2) is 5.79. The molecule has 2 heterocycles. The normalized spacial score (nSPS) is 18.1. The van der Waals surface area contributed by atoms with Gasteiger partial charge >= 0.3 is 0 Å². The molecule has 102 valence electrons. The largest absolute Gasteiger partial charge is 0.392 e. The van der Waals surface area contributed by atoms with Gasteiger partial charge in [0.15, 0.2) is 5.03 Å². The second-order valence-electron chi connectivity index (χ2n) is 4.29. The first kappa shape index (κ1) is 13.5. The van der Waals surface area contributed by atoms with Crippen LogP contribution in [0.5, 0.6) is 0 Å². The van der Waals surface area contributed by atoms with Gasteiger partial charge in [-0.2, -0.15) is 5.10 Å². The van der Waals surface area contributed by atoms with Gasteiger partial charge in [-0.15, -0.1) is 0 Å². The average molecular weight is 275 g/mol. The van der Waals surface area contributed by atoms with Crippen LogP contribution in [0.2, 0.25) is 0 Å². The van der Waals surface area contributed by atoms with Gasteiger partial charge in [-0.3, -0.25) is 5.10 Å². The van der Waals surface area contributed by atoms with Crippen LogP contribution in [0, 0.1) is 5.92 Å². The van der Waals surface area contributed by atoms with Crippen LogP contribution >= 0.6 is 0 Å². The maximum atomic E-state index is 12.0. The second-order valence-corrected chi connectivity index (χ2v) is 5.99. The molecular weight excluding hydrogens is 258 g/mol. The molecule has 0 saturated carbocycles. The fraction of sp³-hybridized carbons (Fsp3) is 0.700. The summed E-state index contributed by atoms with van der Waals surface area (Å²) in [4.78, 5) is 0. The van der Waals surface area contributed by atoms with E-state index in [1.54, 1.807) is 0 Å². The molecule has 3 N–H and O–H groups in total. The van der Waals surface area contributed by atoms with Crippen molar-refractivity contribution in [1.29, 1.82) is 0 Å². The Morgan fingerprint density at radius 1 is 1.50 bits per heavy atom. The van der Waals surface area contributed by atoms with E-state index in [0.29, 0.717) is 25.7 Å². The monoisotopic (exact) mass is 275 g/mol. The Balaban J connectivity index is 1.99. The predicted molar refractivity (Wildman–Crippen MR) is 63.2 cm³/mol. The topological polar surface area (TPSA) is 104 Å². The number of aliphatic hydroxyl groups is 1. The van der Waals surface area contributed by atoms with Crippen molar-refractivity contribution in [2.45, 2.75) is 24.5 Å². The van der Waals surface area contributed by atoms with Gasteiger partial charge in [-0.05, 0) is 18.8 Å². The molecule has 0 bridgehead atoms. The zero-order chi connectivity index (χ0) is 13.0. The molecule has 0 radical (unpaired) electrons. The van der Waals surface area contributed by atoms with Crippen LogP contribution in [0.25, 0.3) is 0 Å². The van der Waals surface area contributed by atoms with Gasteiger partial charge in [-0.1, -0.05) is 0 Å². The molecular formula is C10H17N3O4S. The summed E-state index contributed by atoms with van der Waals surface area (Å²) in [7, 11) is -3.63. The number of rotatable bonds is 5. The average Bonchev–Trinajstić information content (AvgIpc) is 2.87. The van der Waals surface area contributed by atoms with Crippen molar-refractivity contribution < 1.29 is 18.3 Å². The Kier molecular flexibility index (Phi) is 4.33. The molecule has 7 nitrogen and oxygen atoms in total. The third-order valence-corrected chi connectivity index (χ3v) is 4.46. The van der Waals surface area contributed by atoms with Crippen molar-refractivity contribution in [3.8, 4) is 0 Å². The summed E-state index contributed by atoms with van der Waals surface area (Å²) in [5, 5.41) is 15.0. The third-order valence-electron chi connectivity index (χ3n) is 3.02. The molecule has 0 aliphatic carbocycles. The minimum atomic E-state index is -3.63. The lowest BCUT2D eigenvalue weighted by molar-refractivity contribution is 0.0678. The first-order chi connectivity index (χ1) is 8.63. The highest BCUT2D eigenvalue weighted by Crippen LogP contribution is 2.16. The Morgan fingerprint density at radius 3 is 2.89 bits per heavy atom. The number of hydrogen-bond donors (Lipinski definition) is 3. The van der Waals surface area contributed by atoms with E-state index in [4.69, 9.17) is 9.84 Å². The summed E-state index contributed by atoms with van der Waals surface area (Å²) >= 11 is 0. The number of sulfonamides is 1. The fourth-order valence-electron chi connectivity index (χ4n) is 1.89. The van der Waals surface area contributed by atoms with E-state index < -0.39 is 10.0 Å². The molecule has 2 rings (SSSR count). The maximum Gasteiger partial charge on any atom is 0.257 e. The van der Waals surface area contributed by atoms with Crippen molar-refractivity contribution in [1.82, 2.24) is 14.9 Å². The van der Waals surface area contributed by atoms with Gasteiger partial charge in [0.1, 0.15) is 0 Å². The zero-order valence-electron chi connectivity index (χ0n) is 9.92. The van der Waals surface area contributed by atoms with E-state index in [0.717, 1.165) is 12.8 Å². The number of aliphatic hydroxyl groups excluding tert-OH is 1. The van der Waals surface area contributed by atoms with E-state index in [1.165, 1.54) is 6.20 Å². The molecule has 0 unspecified atom stereocenters. The third kappa shape index (κ3) is 3.08. The van der Waals surface area contributed by atoms with Crippen LogP contribution in [-0.2, 0) is 21.4 Å². The molecule has 1 aromatic rings. The molecule has 1 aliphatic heterocycles. The lowest BCUT2D eigenvalue weighted by atomic mass is 10.0. The number of hydrogen-bond acceptors (Lipinski definition) is 5. The summed E-state index contributed by atoms with van der Waals surface area (Å²) in [6, 6.07) is 0. The lowest BCUT2D eigenvalue weighted by Gasteiger charge is -2.21. The molecule has 8 heteroatoms. The Labute approximate surface area is 106 Å². The molecule has 1 saturated heterocycles. The highest BCUT2D eigenvalue weighted by molar-refractivity contribution is 7.89. The van der Waals surface area contributed by atoms with Crippen molar-refractivity contribution in [2.75, 3.05) is 19.8 Å². The number of ether oxygens (including phenoxy) is 1. The standard InChI is InChI=1S/C10H17N3O4S/c14-7-9-6-11-13-10(9)18(15,16)12-5-8-1-3-17-4-2-8/h6,8,12,14H,1-5,7H2,(H,11,13). The van der Waals surface area contributed by atoms with Gasteiger partial charge < -0.3 is 9.84 Å².